The molecule has 1 heterocycles. The standard InChI is InChI=1S/C10H11Br2N3/c1-6-4-7(11)9(12)8(5-6)15-10-13-2-3-14-10/h4-5H,2-3H2,1H3,(H2,13,14,15). The Morgan fingerprint density at radius 3 is 2.87 bits per heavy atom. The van der Waals surface area contributed by atoms with Crippen LogP contribution in [0.3, 0.4) is 0 Å². The quantitative estimate of drug-likeness (QED) is 0.829. The normalized spacial score (nSPS) is 14.7. The van der Waals surface area contributed by atoms with Crippen LogP contribution in [-0.2, 0) is 0 Å². The average Bonchev–Trinajstić information content (AvgIpc) is 2.66. The first-order valence-corrected chi connectivity index (χ1v) is 6.26. The molecule has 5 heteroatoms. The summed E-state index contributed by atoms with van der Waals surface area (Å²) in [6.07, 6.45) is 0. The zero-order chi connectivity index (χ0) is 10.8. The number of benzene rings is 1. The first kappa shape index (κ1) is 11.0. The Hall–Kier alpha value is -0.550. The van der Waals surface area contributed by atoms with E-state index in [1.807, 2.05) is 0 Å². The monoisotopic (exact) mass is 331 g/mol. The van der Waals surface area contributed by atoms with Crippen LogP contribution in [-0.4, -0.2) is 19.0 Å². The minimum Gasteiger partial charge on any atom is -0.354 e. The van der Waals surface area contributed by atoms with Crippen molar-refractivity contribution in [2.45, 2.75) is 6.92 Å². The van der Waals surface area contributed by atoms with E-state index in [1.54, 1.807) is 0 Å². The van der Waals surface area contributed by atoms with E-state index in [2.05, 4.69) is 66.5 Å². The fourth-order valence-corrected chi connectivity index (χ4v) is 2.33. The molecule has 15 heavy (non-hydrogen) atoms. The van der Waals surface area contributed by atoms with Gasteiger partial charge < -0.3 is 10.6 Å². The van der Waals surface area contributed by atoms with E-state index in [-0.39, 0.29) is 0 Å². The van der Waals surface area contributed by atoms with Crippen LogP contribution in [0.15, 0.2) is 26.1 Å². The molecule has 0 unspecified atom stereocenters. The molecule has 0 fully saturated rings. The van der Waals surface area contributed by atoms with Crippen LogP contribution in [0.25, 0.3) is 0 Å². The van der Waals surface area contributed by atoms with Gasteiger partial charge in [-0.25, -0.2) is 0 Å². The summed E-state index contributed by atoms with van der Waals surface area (Å²) in [5.41, 5.74) is 2.22. The number of aryl methyl sites for hydroxylation is 1. The van der Waals surface area contributed by atoms with Gasteiger partial charge in [-0.15, -0.1) is 0 Å². The smallest absolute Gasteiger partial charge is 0.195 e. The van der Waals surface area contributed by atoms with Gasteiger partial charge in [0.25, 0.3) is 0 Å². The number of aliphatic imine (C=N–C) groups is 1. The first-order valence-electron chi connectivity index (χ1n) is 4.68. The maximum absolute atomic E-state index is 4.29. The summed E-state index contributed by atoms with van der Waals surface area (Å²) in [4.78, 5) is 4.29. The second-order valence-corrected chi connectivity index (χ2v) is 5.04. The predicted molar refractivity (Wildman–Crippen MR) is 70.5 cm³/mol. The van der Waals surface area contributed by atoms with Crippen LogP contribution >= 0.6 is 31.9 Å². The molecule has 1 aliphatic rings. The summed E-state index contributed by atoms with van der Waals surface area (Å²) in [6, 6.07) is 4.15. The molecule has 0 atom stereocenters. The molecule has 1 aromatic carbocycles. The van der Waals surface area contributed by atoms with Crippen molar-refractivity contribution in [1.29, 1.82) is 0 Å². The summed E-state index contributed by atoms with van der Waals surface area (Å²) in [6.45, 7) is 3.81. The number of nitrogens with one attached hydrogen (secondary N) is 2. The fourth-order valence-electron chi connectivity index (χ4n) is 1.42. The molecule has 2 rings (SSSR count). The van der Waals surface area contributed by atoms with Crippen molar-refractivity contribution >= 4 is 43.5 Å². The van der Waals surface area contributed by atoms with E-state index in [4.69, 9.17) is 0 Å². The minimum absolute atomic E-state index is 0.840. The highest BCUT2D eigenvalue weighted by atomic mass is 79.9. The Morgan fingerprint density at radius 2 is 2.20 bits per heavy atom. The minimum atomic E-state index is 0.840. The summed E-state index contributed by atoms with van der Waals surface area (Å²) in [5.74, 6) is 0.841. The molecule has 0 aliphatic carbocycles. The maximum Gasteiger partial charge on any atom is 0.195 e. The molecule has 3 nitrogen and oxygen atoms in total. The molecule has 0 radical (unpaired) electrons. The summed E-state index contributed by atoms with van der Waals surface area (Å²) in [5, 5.41) is 6.43. The lowest BCUT2D eigenvalue weighted by Crippen LogP contribution is -2.26. The molecule has 2 N–H and O–H groups in total. The molecule has 80 valence electrons. The number of halogens is 2. The summed E-state index contributed by atoms with van der Waals surface area (Å²) < 4.78 is 2.06. The van der Waals surface area contributed by atoms with Gasteiger partial charge in [0.2, 0.25) is 0 Å². The lowest BCUT2D eigenvalue weighted by Gasteiger charge is -2.11. The van der Waals surface area contributed by atoms with Gasteiger partial charge in [0.1, 0.15) is 0 Å². The SMILES string of the molecule is Cc1cc(Br)c(Br)c(NC2=NCCN2)c1. The van der Waals surface area contributed by atoms with E-state index >= 15 is 0 Å². The van der Waals surface area contributed by atoms with Crippen LogP contribution in [0.4, 0.5) is 5.69 Å². The molecule has 1 aliphatic heterocycles. The van der Waals surface area contributed by atoms with Gasteiger partial charge in [0.05, 0.1) is 16.7 Å². The number of hydrogen-bond acceptors (Lipinski definition) is 3. The van der Waals surface area contributed by atoms with E-state index in [1.165, 1.54) is 5.56 Å². The van der Waals surface area contributed by atoms with Gasteiger partial charge in [-0.1, -0.05) is 0 Å². The van der Waals surface area contributed by atoms with E-state index in [0.29, 0.717) is 0 Å². The van der Waals surface area contributed by atoms with Crippen LogP contribution in [0.5, 0.6) is 0 Å². The molecule has 0 saturated carbocycles. The average molecular weight is 333 g/mol. The van der Waals surface area contributed by atoms with E-state index in [9.17, 15) is 0 Å². The third-order valence-corrected chi connectivity index (χ3v) is 4.11. The lowest BCUT2D eigenvalue weighted by atomic mass is 10.2. The van der Waals surface area contributed by atoms with Crippen molar-refractivity contribution in [2.75, 3.05) is 18.4 Å². The van der Waals surface area contributed by atoms with Crippen molar-refractivity contribution in [3.05, 3.63) is 26.6 Å². The van der Waals surface area contributed by atoms with Gasteiger partial charge in [-0.2, -0.15) is 0 Å². The first-order chi connectivity index (χ1) is 7.16. The molecular weight excluding hydrogens is 322 g/mol. The Morgan fingerprint density at radius 1 is 1.40 bits per heavy atom. The highest BCUT2D eigenvalue weighted by Gasteiger charge is 2.09. The molecule has 0 saturated heterocycles. The third-order valence-electron chi connectivity index (χ3n) is 2.10. The van der Waals surface area contributed by atoms with Crippen LogP contribution < -0.4 is 10.6 Å². The largest absolute Gasteiger partial charge is 0.354 e. The van der Waals surface area contributed by atoms with Crippen LogP contribution in [0, 0.1) is 6.92 Å². The predicted octanol–water partition coefficient (Wildman–Crippen LogP) is 2.89. The van der Waals surface area contributed by atoms with Crippen molar-refractivity contribution in [1.82, 2.24) is 5.32 Å². The van der Waals surface area contributed by atoms with Gasteiger partial charge >= 0.3 is 0 Å². The number of hydrogen-bond donors (Lipinski definition) is 2. The Kier molecular flexibility index (Phi) is 3.31. The van der Waals surface area contributed by atoms with Crippen molar-refractivity contribution in [3.8, 4) is 0 Å². The van der Waals surface area contributed by atoms with E-state index < -0.39 is 0 Å². The van der Waals surface area contributed by atoms with Crippen LogP contribution in [0.2, 0.25) is 0 Å². The second kappa shape index (κ2) is 4.53. The number of nitrogens with zero attached hydrogens (tertiary/aromatic N) is 1. The lowest BCUT2D eigenvalue weighted by molar-refractivity contribution is 0.959. The summed E-state index contributed by atoms with van der Waals surface area (Å²) >= 11 is 7.03. The number of guanidine groups is 1. The van der Waals surface area contributed by atoms with Crippen LogP contribution in [0.1, 0.15) is 5.56 Å². The van der Waals surface area contributed by atoms with E-state index in [0.717, 1.165) is 33.7 Å². The zero-order valence-electron chi connectivity index (χ0n) is 8.27. The highest BCUT2D eigenvalue weighted by molar-refractivity contribution is 9.13. The van der Waals surface area contributed by atoms with Crippen molar-refractivity contribution in [3.63, 3.8) is 0 Å². The molecule has 0 aromatic heterocycles. The highest BCUT2D eigenvalue weighted by Crippen LogP contribution is 2.32. The van der Waals surface area contributed by atoms with Crippen molar-refractivity contribution < 1.29 is 0 Å². The molecular formula is C10H11Br2N3. The fraction of sp³-hybridized carbons (Fsp3) is 0.300. The van der Waals surface area contributed by atoms with Gasteiger partial charge in [0, 0.05) is 11.0 Å². The zero-order valence-corrected chi connectivity index (χ0v) is 11.4. The Balaban J connectivity index is 2.27. The molecule has 0 amide bonds. The third kappa shape index (κ3) is 2.52. The molecule has 1 aromatic rings. The topological polar surface area (TPSA) is 36.4 Å². The molecule has 0 bridgehead atoms. The van der Waals surface area contributed by atoms with Gasteiger partial charge in [-0.05, 0) is 56.5 Å². The summed E-state index contributed by atoms with van der Waals surface area (Å²) in [7, 11) is 0. The Bertz CT molecular complexity index is 415. The molecule has 0 spiro atoms. The number of anilines is 1. The number of rotatable bonds is 1. The van der Waals surface area contributed by atoms with Gasteiger partial charge in [-0.3, -0.25) is 4.99 Å². The van der Waals surface area contributed by atoms with Crippen molar-refractivity contribution in [2.24, 2.45) is 4.99 Å². The Labute approximate surface area is 106 Å². The van der Waals surface area contributed by atoms with Gasteiger partial charge in [0.15, 0.2) is 5.96 Å². The second-order valence-electron chi connectivity index (χ2n) is 3.39. The maximum atomic E-state index is 4.29.